The second-order valence-electron chi connectivity index (χ2n) is 9.64. The number of carbonyl (C=O) groups excluding carboxylic acids is 1. The minimum absolute atomic E-state index is 0.0292. The maximum Gasteiger partial charge on any atom is 0.231 e. The van der Waals surface area contributed by atoms with Gasteiger partial charge in [0.15, 0.2) is 9.84 Å². The molecule has 2 heterocycles. The van der Waals surface area contributed by atoms with Gasteiger partial charge < -0.3 is 10.2 Å². The molecule has 0 aliphatic rings. The van der Waals surface area contributed by atoms with E-state index < -0.39 is 15.7 Å². The Morgan fingerprint density at radius 2 is 1.71 bits per heavy atom. The van der Waals surface area contributed by atoms with Crippen molar-refractivity contribution in [1.29, 1.82) is 0 Å². The fourth-order valence-corrected chi connectivity index (χ4v) is 5.12. The van der Waals surface area contributed by atoms with Gasteiger partial charge in [-0.1, -0.05) is 42.5 Å². The number of hydrogen-bond donors (Lipinski definition) is 2. The predicted octanol–water partition coefficient (Wildman–Crippen LogP) is 4.53. The van der Waals surface area contributed by atoms with Gasteiger partial charge >= 0.3 is 0 Å². The summed E-state index contributed by atoms with van der Waals surface area (Å²) in [7, 11) is -1.27. The zero-order valence-electron chi connectivity index (χ0n) is 22.5. The molecule has 3 aromatic carbocycles. The molecule has 0 saturated carbocycles. The molecule has 0 atom stereocenters. The van der Waals surface area contributed by atoms with Crippen molar-refractivity contribution in [1.82, 2.24) is 19.5 Å². The highest BCUT2D eigenvalue weighted by molar-refractivity contribution is 7.89. The van der Waals surface area contributed by atoms with Crippen molar-refractivity contribution in [2.45, 2.75) is 18.8 Å². The van der Waals surface area contributed by atoms with Gasteiger partial charge in [-0.2, -0.15) is 4.98 Å². The van der Waals surface area contributed by atoms with Crippen LogP contribution in [-0.2, 0) is 33.5 Å². The molecular weight excluding hydrogens is 545 g/mol. The van der Waals surface area contributed by atoms with Crippen LogP contribution in [0.4, 0.5) is 27.8 Å². The lowest BCUT2D eigenvalue weighted by molar-refractivity contribution is -0.115. The van der Waals surface area contributed by atoms with E-state index in [9.17, 15) is 17.6 Å². The predicted molar refractivity (Wildman–Crippen MR) is 157 cm³/mol. The molecule has 0 fully saturated rings. The quantitative estimate of drug-likeness (QED) is 0.250. The van der Waals surface area contributed by atoms with Crippen LogP contribution in [0.3, 0.4) is 0 Å². The van der Waals surface area contributed by atoms with E-state index in [0.717, 1.165) is 5.52 Å². The van der Waals surface area contributed by atoms with Crippen molar-refractivity contribution in [3.63, 3.8) is 0 Å². The van der Waals surface area contributed by atoms with E-state index in [1.54, 1.807) is 54.7 Å². The van der Waals surface area contributed by atoms with E-state index in [1.165, 1.54) is 12.3 Å². The van der Waals surface area contributed by atoms with Gasteiger partial charge in [-0.3, -0.25) is 14.7 Å². The number of benzene rings is 3. The summed E-state index contributed by atoms with van der Waals surface area (Å²) in [5, 5.41) is 5.97. The third-order valence-corrected chi connectivity index (χ3v) is 7.10. The van der Waals surface area contributed by atoms with E-state index in [1.807, 2.05) is 40.8 Å². The summed E-state index contributed by atoms with van der Waals surface area (Å²) in [6.07, 6.45) is 2.70. The number of nitrogens with one attached hydrogen (secondary N) is 2. The Kier molecular flexibility index (Phi) is 7.92. The largest absolute Gasteiger partial charge is 0.341 e. The van der Waals surface area contributed by atoms with Gasteiger partial charge in [0.1, 0.15) is 11.6 Å². The molecular formula is C29H28FN7O3S. The topological polar surface area (TPSA) is 122 Å². The summed E-state index contributed by atoms with van der Waals surface area (Å²) in [5.74, 6) is 0.454. The number of carbonyl (C=O) groups is 1. The van der Waals surface area contributed by atoms with Gasteiger partial charge in [0.2, 0.25) is 17.8 Å². The average molecular weight is 574 g/mol. The Morgan fingerprint density at radius 3 is 2.46 bits per heavy atom. The number of anilines is 4. The molecule has 0 saturated heterocycles. The standard InChI is InChI=1S/C29H28FN7O3S/c1-36(26-15-16-31-28(34-26)32-22-13-11-20(12-14-22)18-41(2,39)40)19-37-25-10-6-5-9-24(25)33-29(37)35-27(38)17-21-7-3-4-8-23(21)30/h3-16H,17-19H2,1-2H3,(H,31,32,34)(H,33,35,38). The van der Waals surface area contributed by atoms with Crippen molar-refractivity contribution in [3.05, 3.63) is 102 Å². The minimum Gasteiger partial charge on any atom is -0.341 e. The molecule has 2 N–H and O–H groups in total. The van der Waals surface area contributed by atoms with Crippen LogP contribution in [0.1, 0.15) is 11.1 Å². The lowest BCUT2D eigenvalue weighted by atomic mass is 10.1. The molecule has 0 aliphatic carbocycles. The Bertz CT molecular complexity index is 1810. The lowest BCUT2D eigenvalue weighted by Crippen LogP contribution is -2.25. The van der Waals surface area contributed by atoms with Crippen LogP contribution in [0, 0.1) is 5.82 Å². The van der Waals surface area contributed by atoms with Gasteiger partial charge in [0.05, 0.1) is 29.9 Å². The van der Waals surface area contributed by atoms with Crippen LogP contribution in [0.2, 0.25) is 0 Å². The highest BCUT2D eigenvalue weighted by Crippen LogP contribution is 2.23. The normalized spacial score (nSPS) is 11.4. The second-order valence-corrected chi connectivity index (χ2v) is 11.8. The average Bonchev–Trinajstić information content (AvgIpc) is 3.27. The summed E-state index contributed by atoms with van der Waals surface area (Å²) >= 11 is 0. The van der Waals surface area contributed by atoms with Crippen molar-refractivity contribution < 1.29 is 17.6 Å². The molecule has 1 amide bonds. The first kappa shape index (κ1) is 27.7. The SMILES string of the molecule is CN(Cn1c(NC(=O)Cc2ccccc2F)nc2ccccc21)c1ccnc(Nc2ccc(CS(C)(=O)=O)cc2)n1. The first-order valence-electron chi connectivity index (χ1n) is 12.7. The molecule has 0 bridgehead atoms. The summed E-state index contributed by atoms with van der Waals surface area (Å²) in [6.45, 7) is 0.298. The van der Waals surface area contributed by atoms with Crippen LogP contribution >= 0.6 is 0 Å². The molecule has 5 aromatic rings. The summed E-state index contributed by atoms with van der Waals surface area (Å²) in [6, 6.07) is 22.5. The van der Waals surface area contributed by atoms with Crippen molar-refractivity contribution in [2.24, 2.45) is 0 Å². The van der Waals surface area contributed by atoms with E-state index >= 15 is 0 Å². The maximum atomic E-state index is 14.1. The van der Waals surface area contributed by atoms with Crippen LogP contribution in [0.5, 0.6) is 0 Å². The smallest absolute Gasteiger partial charge is 0.231 e. The first-order chi connectivity index (χ1) is 19.6. The van der Waals surface area contributed by atoms with E-state index in [-0.39, 0.29) is 18.1 Å². The van der Waals surface area contributed by atoms with E-state index in [0.29, 0.717) is 46.7 Å². The lowest BCUT2D eigenvalue weighted by Gasteiger charge is -2.21. The molecule has 0 unspecified atom stereocenters. The van der Waals surface area contributed by atoms with Crippen molar-refractivity contribution in [2.75, 3.05) is 28.8 Å². The number of hydrogen-bond acceptors (Lipinski definition) is 8. The fourth-order valence-electron chi connectivity index (χ4n) is 4.32. The number of nitrogens with zero attached hydrogens (tertiary/aromatic N) is 5. The molecule has 41 heavy (non-hydrogen) atoms. The van der Waals surface area contributed by atoms with Gasteiger partial charge in [0, 0.05) is 25.2 Å². The molecule has 0 spiro atoms. The Labute approximate surface area is 236 Å². The van der Waals surface area contributed by atoms with Crippen molar-refractivity contribution >= 4 is 50.2 Å². The Balaban J connectivity index is 1.33. The van der Waals surface area contributed by atoms with Crippen LogP contribution in [-0.4, -0.2) is 47.1 Å². The number of amides is 1. The molecule has 5 rings (SSSR count). The molecule has 10 nitrogen and oxygen atoms in total. The third kappa shape index (κ3) is 7.03. The van der Waals surface area contributed by atoms with E-state index in [4.69, 9.17) is 0 Å². The highest BCUT2D eigenvalue weighted by Gasteiger charge is 2.17. The third-order valence-electron chi connectivity index (χ3n) is 6.24. The van der Waals surface area contributed by atoms with Gasteiger partial charge in [0.25, 0.3) is 0 Å². The van der Waals surface area contributed by atoms with Crippen LogP contribution in [0.15, 0.2) is 85.1 Å². The summed E-state index contributed by atoms with van der Waals surface area (Å²) in [4.78, 5) is 28.2. The summed E-state index contributed by atoms with van der Waals surface area (Å²) < 4.78 is 39.0. The number of fused-ring (bicyclic) bond motifs is 1. The molecule has 2 aromatic heterocycles. The number of sulfone groups is 1. The van der Waals surface area contributed by atoms with Crippen LogP contribution < -0.4 is 15.5 Å². The molecule has 210 valence electrons. The monoisotopic (exact) mass is 573 g/mol. The fraction of sp³-hybridized carbons (Fsp3) is 0.172. The highest BCUT2D eigenvalue weighted by atomic mass is 32.2. The summed E-state index contributed by atoms with van der Waals surface area (Å²) in [5.41, 5.74) is 3.21. The maximum absolute atomic E-state index is 14.1. The molecule has 0 aliphatic heterocycles. The molecule has 12 heteroatoms. The first-order valence-corrected chi connectivity index (χ1v) is 14.8. The Hall–Kier alpha value is -4.84. The van der Waals surface area contributed by atoms with Crippen molar-refractivity contribution in [3.8, 4) is 0 Å². The number of aromatic nitrogens is 4. The number of imidazole rings is 1. The van der Waals surface area contributed by atoms with Gasteiger partial charge in [-0.05, 0) is 47.5 Å². The zero-order valence-corrected chi connectivity index (χ0v) is 23.3. The number of halogens is 1. The second kappa shape index (κ2) is 11.7. The number of para-hydroxylation sites is 2. The number of rotatable bonds is 10. The van der Waals surface area contributed by atoms with Crippen LogP contribution in [0.25, 0.3) is 11.0 Å². The molecule has 0 radical (unpaired) electrons. The van der Waals surface area contributed by atoms with Gasteiger partial charge in [-0.15, -0.1) is 0 Å². The minimum atomic E-state index is -3.12. The van der Waals surface area contributed by atoms with Gasteiger partial charge in [-0.25, -0.2) is 22.8 Å². The van der Waals surface area contributed by atoms with E-state index in [2.05, 4.69) is 25.6 Å². The Morgan fingerprint density at radius 1 is 0.976 bits per heavy atom. The zero-order chi connectivity index (χ0) is 29.0.